The Bertz CT molecular complexity index is 587. The van der Waals surface area contributed by atoms with Gasteiger partial charge in [0.15, 0.2) is 0 Å². The summed E-state index contributed by atoms with van der Waals surface area (Å²) in [6.45, 7) is 0.533. The fourth-order valence-electron chi connectivity index (χ4n) is 1.66. The Kier molecular flexibility index (Phi) is 4.90. The molecule has 2 rings (SSSR count). The van der Waals surface area contributed by atoms with Crippen molar-refractivity contribution in [3.8, 4) is 5.75 Å². The van der Waals surface area contributed by atoms with Crippen molar-refractivity contribution in [2.24, 2.45) is 0 Å². The number of hydrogen-bond acceptors (Lipinski definition) is 4. The molecule has 0 aliphatic rings. The largest absolute Gasteiger partial charge is 0.493 e. The van der Waals surface area contributed by atoms with Crippen LogP contribution in [0.4, 0.5) is 5.69 Å². The molecule has 2 aromatic carbocycles. The smallest absolute Gasteiger partial charge is 0.337 e. The lowest BCUT2D eigenvalue weighted by atomic mass is 10.2. The van der Waals surface area contributed by atoms with Gasteiger partial charge < -0.3 is 15.6 Å². The normalized spacial score (nSPS) is 10.2. The number of benzene rings is 2. The quantitative estimate of drug-likeness (QED) is 0.485. The van der Waals surface area contributed by atoms with Gasteiger partial charge in [0.25, 0.3) is 0 Å². The Morgan fingerprint density at radius 2 is 1.95 bits per heavy atom. The van der Waals surface area contributed by atoms with Crippen LogP contribution >= 0.6 is 11.8 Å². The maximum Gasteiger partial charge on any atom is 0.337 e. The number of hydrogen-bond donors (Lipinski definition) is 2. The SMILES string of the molecule is Nc1cc(OCCSc2ccccc2)ccc1C(=O)O. The fourth-order valence-corrected chi connectivity index (χ4v) is 2.41. The van der Waals surface area contributed by atoms with Gasteiger partial charge in [-0.1, -0.05) is 18.2 Å². The Morgan fingerprint density at radius 3 is 2.60 bits per heavy atom. The van der Waals surface area contributed by atoms with Crippen LogP contribution in [0.15, 0.2) is 53.4 Å². The highest BCUT2D eigenvalue weighted by atomic mass is 32.2. The summed E-state index contributed by atoms with van der Waals surface area (Å²) in [6.07, 6.45) is 0. The van der Waals surface area contributed by atoms with E-state index in [2.05, 4.69) is 0 Å². The number of carbonyl (C=O) groups is 1. The predicted molar refractivity (Wildman–Crippen MR) is 80.5 cm³/mol. The topological polar surface area (TPSA) is 72.5 Å². The van der Waals surface area contributed by atoms with Gasteiger partial charge in [-0.2, -0.15) is 0 Å². The van der Waals surface area contributed by atoms with Crippen molar-refractivity contribution in [1.29, 1.82) is 0 Å². The first-order chi connectivity index (χ1) is 9.66. The van der Waals surface area contributed by atoms with Crippen LogP contribution in [-0.4, -0.2) is 23.4 Å². The van der Waals surface area contributed by atoms with Gasteiger partial charge in [-0.15, -0.1) is 11.8 Å². The number of nitrogen functional groups attached to an aromatic ring is 1. The minimum Gasteiger partial charge on any atom is -0.493 e. The highest BCUT2D eigenvalue weighted by Gasteiger charge is 2.08. The average Bonchev–Trinajstić information content (AvgIpc) is 2.44. The molecule has 0 fully saturated rings. The molecule has 0 aromatic heterocycles. The van der Waals surface area contributed by atoms with E-state index in [1.54, 1.807) is 17.8 Å². The highest BCUT2D eigenvalue weighted by molar-refractivity contribution is 7.99. The molecule has 0 heterocycles. The van der Waals surface area contributed by atoms with Crippen LogP contribution in [0, 0.1) is 0 Å². The van der Waals surface area contributed by atoms with E-state index < -0.39 is 5.97 Å². The van der Waals surface area contributed by atoms with Crippen LogP contribution in [0.2, 0.25) is 0 Å². The van der Waals surface area contributed by atoms with E-state index in [1.165, 1.54) is 17.0 Å². The minimum atomic E-state index is -1.03. The van der Waals surface area contributed by atoms with Crippen LogP contribution in [0.5, 0.6) is 5.75 Å². The Hall–Kier alpha value is -2.14. The van der Waals surface area contributed by atoms with Crippen molar-refractivity contribution in [1.82, 2.24) is 0 Å². The van der Waals surface area contributed by atoms with Crippen molar-refractivity contribution >= 4 is 23.4 Å². The van der Waals surface area contributed by atoms with E-state index in [1.807, 2.05) is 30.3 Å². The summed E-state index contributed by atoms with van der Waals surface area (Å²) in [5, 5.41) is 8.87. The van der Waals surface area contributed by atoms with E-state index in [-0.39, 0.29) is 11.3 Å². The highest BCUT2D eigenvalue weighted by Crippen LogP contribution is 2.21. The number of anilines is 1. The zero-order valence-corrected chi connectivity index (χ0v) is 11.6. The zero-order chi connectivity index (χ0) is 14.4. The van der Waals surface area contributed by atoms with E-state index >= 15 is 0 Å². The van der Waals surface area contributed by atoms with Crippen LogP contribution in [0.1, 0.15) is 10.4 Å². The maximum absolute atomic E-state index is 10.8. The minimum absolute atomic E-state index is 0.0935. The summed E-state index contributed by atoms with van der Waals surface area (Å²) in [7, 11) is 0. The summed E-state index contributed by atoms with van der Waals surface area (Å²) < 4.78 is 5.55. The molecule has 0 saturated heterocycles. The number of carboxylic acids is 1. The number of rotatable bonds is 6. The van der Waals surface area contributed by atoms with Crippen molar-refractivity contribution in [2.45, 2.75) is 4.90 Å². The number of carboxylic acid groups (broad SMARTS) is 1. The Balaban J connectivity index is 1.83. The molecule has 0 aliphatic carbocycles. The average molecular weight is 289 g/mol. The van der Waals surface area contributed by atoms with Crippen LogP contribution < -0.4 is 10.5 Å². The first-order valence-corrected chi connectivity index (χ1v) is 7.09. The lowest BCUT2D eigenvalue weighted by Gasteiger charge is -2.08. The molecular weight excluding hydrogens is 274 g/mol. The zero-order valence-electron chi connectivity index (χ0n) is 10.8. The number of aromatic carboxylic acids is 1. The number of nitrogens with two attached hydrogens (primary N) is 1. The fraction of sp³-hybridized carbons (Fsp3) is 0.133. The molecule has 3 N–H and O–H groups in total. The monoisotopic (exact) mass is 289 g/mol. The summed E-state index contributed by atoms with van der Waals surface area (Å²) >= 11 is 1.70. The molecule has 4 nitrogen and oxygen atoms in total. The van der Waals surface area contributed by atoms with Crippen LogP contribution in [0.25, 0.3) is 0 Å². The molecule has 5 heteroatoms. The standard InChI is InChI=1S/C15H15NO3S/c16-14-10-11(6-7-13(14)15(17)18)19-8-9-20-12-4-2-1-3-5-12/h1-7,10H,8-9,16H2,(H,17,18). The molecule has 0 amide bonds. The summed E-state index contributed by atoms with van der Waals surface area (Å²) in [5.74, 6) is 0.361. The first-order valence-electron chi connectivity index (χ1n) is 6.10. The molecule has 2 aromatic rings. The Labute approximate surface area is 121 Å². The third-order valence-electron chi connectivity index (χ3n) is 2.62. The molecule has 0 bridgehead atoms. The van der Waals surface area contributed by atoms with E-state index in [9.17, 15) is 4.79 Å². The summed E-state index contributed by atoms with van der Waals surface area (Å²) in [5.41, 5.74) is 5.96. The molecule has 0 saturated carbocycles. The third-order valence-corrected chi connectivity index (χ3v) is 3.59. The second-order valence-electron chi connectivity index (χ2n) is 4.06. The van der Waals surface area contributed by atoms with Gasteiger partial charge in [0, 0.05) is 22.4 Å². The van der Waals surface area contributed by atoms with Gasteiger partial charge in [0.2, 0.25) is 0 Å². The summed E-state index contributed by atoms with van der Waals surface area (Å²) in [4.78, 5) is 12.0. The van der Waals surface area contributed by atoms with Gasteiger partial charge in [-0.3, -0.25) is 0 Å². The van der Waals surface area contributed by atoms with Crippen molar-refractivity contribution in [2.75, 3.05) is 18.1 Å². The maximum atomic E-state index is 10.8. The van der Waals surface area contributed by atoms with E-state index in [0.717, 1.165) is 5.75 Å². The Morgan fingerprint density at radius 1 is 1.20 bits per heavy atom. The van der Waals surface area contributed by atoms with Gasteiger partial charge in [-0.25, -0.2) is 4.79 Å². The second kappa shape index (κ2) is 6.86. The second-order valence-corrected chi connectivity index (χ2v) is 5.23. The van der Waals surface area contributed by atoms with Crippen molar-refractivity contribution in [3.05, 3.63) is 54.1 Å². The van der Waals surface area contributed by atoms with Gasteiger partial charge in [0.1, 0.15) is 5.75 Å². The lowest BCUT2D eigenvalue weighted by molar-refractivity contribution is 0.0698. The number of thioether (sulfide) groups is 1. The van der Waals surface area contributed by atoms with Gasteiger partial charge in [0.05, 0.1) is 12.2 Å². The molecule has 0 radical (unpaired) electrons. The molecule has 0 aliphatic heterocycles. The lowest BCUT2D eigenvalue weighted by Crippen LogP contribution is -2.04. The van der Waals surface area contributed by atoms with Crippen molar-refractivity contribution < 1.29 is 14.6 Å². The van der Waals surface area contributed by atoms with E-state index in [4.69, 9.17) is 15.6 Å². The molecule has 104 valence electrons. The van der Waals surface area contributed by atoms with Gasteiger partial charge in [-0.05, 0) is 24.3 Å². The number of ether oxygens (including phenoxy) is 1. The molecule has 0 spiro atoms. The summed E-state index contributed by atoms with van der Waals surface area (Å²) in [6, 6.07) is 14.7. The molecule has 0 unspecified atom stereocenters. The van der Waals surface area contributed by atoms with Crippen LogP contribution in [0.3, 0.4) is 0 Å². The van der Waals surface area contributed by atoms with E-state index in [0.29, 0.717) is 12.4 Å². The van der Waals surface area contributed by atoms with Gasteiger partial charge >= 0.3 is 5.97 Å². The van der Waals surface area contributed by atoms with Crippen molar-refractivity contribution in [3.63, 3.8) is 0 Å². The first kappa shape index (κ1) is 14.3. The molecular formula is C15H15NO3S. The molecule has 0 atom stereocenters. The third kappa shape index (κ3) is 3.93. The van der Waals surface area contributed by atoms with Crippen LogP contribution in [-0.2, 0) is 0 Å². The predicted octanol–water partition coefficient (Wildman–Crippen LogP) is 3.14. The molecule has 20 heavy (non-hydrogen) atoms.